The third-order valence-electron chi connectivity index (χ3n) is 3.77. The SMILES string of the molecule is C#Cc1cccc(NC(=O)C(=O)NC[C@@](C)(O)[C@H](C)CC)c1. The van der Waals surface area contributed by atoms with Gasteiger partial charge in [-0.3, -0.25) is 9.59 Å². The molecular weight excluding hydrogens is 280 g/mol. The van der Waals surface area contributed by atoms with E-state index in [4.69, 9.17) is 6.42 Å². The summed E-state index contributed by atoms with van der Waals surface area (Å²) < 4.78 is 0. The summed E-state index contributed by atoms with van der Waals surface area (Å²) in [5.41, 5.74) is -0.00384. The van der Waals surface area contributed by atoms with Gasteiger partial charge in [0.1, 0.15) is 0 Å². The molecule has 1 aromatic carbocycles. The lowest BCUT2D eigenvalue weighted by atomic mass is 9.89. The van der Waals surface area contributed by atoms with Crippen LogP contribution in [0.1, 0.15) is 32.8 Å². The van der Waals surface area contributed by atoms with Gasteiger partial charge in [-0.05, 0) is 31.0 Å². The fourth-order valence-electron chi connectivity index (χ4n) is 1.83. The van der Waals surface area contributed by atoms with Crippen molar-refractivity contribution >= 4 is 17.5 Å². The van der Waals surface area contributed by atoms with Gasteiger partial charge in [0, 0.05) is 17.8 Å². The molecule has 5 nitrogen and oxygen atoms in total. The number of nitrogens with one attached hydrogen (secondary N) is 2. The molecule has 3 N–H and O–H groups in total. The predicted molar refractivity (Wildman–Crippen MR) is 86.1 cm³/mol. The van der Waals surface area contributed by atoms with Crippen molar-refractivity contribution in [3.63, 3.8) is 0 Å². The Morgan fingerprint density at radius 3 is 2.68 bits per heavy atom. The van der Waals surface area contributed by atoms with Crippen LogP contribution in [0.2, 0.25) is 0 Å². The van der Waals surface area contributed by atoms with Crippen LogP contribution in [0.3, 0.4) is 0 Å². The van der Waals surface area contributed by atoms with Crippen LogP contribution in [0.4, 0.5) is 5.69 Å². The molecule has 0 bridgehead atoms. The first-order valence-corrected chi connectivity index (χ1v) is 7.18. The molecule has 0 aromatic heterocycles. The van der Waals surface area contributed by atoms with Crippen LogP contribution >= 0.6 is 0 Å². The van der Waals surface area contributed by atoms with E-state index in [0.29, 0.717) is 11.3 Å². The minimum absolute atomic E-state index is 0.00294. The first kappa shape index (κ1) is 17.7. The zero-order valence-electron chi connectivity index (χ0n) is 13.1. The maximum atomic E-state index is 11.8. The van der Waals surface area contributed by atoms with Crippen molar-refractivity contribution in [1.82, 2.24) is 5.32 Å². The van der Waals surface area contributed by atoms with Crippen molar-refractivity contribution in [3.8, 4) is 12.3 Å². The highest BCUT2D eigenvalue weighted by molar-refractivity contribution is 6.39. The molecule has 0 spiro atoms. The number of benzene rings is 1. The lowest BCUT2D eigenvalue weighted by Crippen LogP contribution is -2.47. The molecule has 1 rings (SSSR count). The fraction of sp³-hybridized carbons (Fsp3) is 0.412. The molecule has 118 valence electrons. The maximum Gasteiger partial charge on any atom is 0.313 e. The number of hydrogen-bond donors (Lipinski definition) is 3. The van der Waals surface area contributed by atoms with Crippen molar-refractivity contribution < 1.29 is 14.7 Å². The van der Waals surface area contributed by atoms with E-state index in [1.807, 2.05) is 13.8 Å². The number of terminal acetylenes is 1. The van der Waals surface area contributed by atoms with Crippen LogP contribution in [0.25, 0.3) is 0 Å². The number of anilines is 1. The number of carbonyl (C=O) groups excluding carboxylic acids is 2. The Bertz CT molecular complexity index is 588. The van der Waals surface area contributed by atoms with E-state index in [2.05, 4.69) is 16.6 Å². The zero-order chi connectivity index (χ0) is 16.8. The van der Waals surface area contributed by atoms with Gasteiger partial charge in [0.05, 0.1) is 5.60 Å². The highest BCUT2D eigenvalue weighted by atomic mass is 16.3. The molecule has 22 heavy (non-hydrogen) atoms. The average Bonchev–Trinajstić information content (AvgIpc) is 2.51. The van der Waals surface area contributed by atoms with E-state index in [1.54, 1.807) is 31.2 Å². The van der Waals surface area contributed by atoms with Gasteiger partial charge in [-0.25, -0.2) is 0 Å². The summed E-state index contributed by atoms with van der Waals surface area (Å²) in [4.78, 5) is 23.6. The Balaban J connectivity index is 2.59. The Kier molecular flexibility index (Phi) is 6.14. The summed E-state index contributed by atoms with van der Waals surface area (Å²) in [6.45, 7) is 5.48. The van der Waals surface area contributed by atoms with Crippen molar-refractivity contribution in [2.24, 2.45) is 5.92 Å². The largest absolute Gasteiger partial charge is 0.388 e. The molecule has 2 amide bonds. The second kappa shape index (κ2) is 7.62. The molecule has 0 aliphatic heterocycles. The quantitative estimate of drug-likeness (QED) is 0.570. The van der Waals surface area contributed by atoms with Crippen molar-refractivity contribution in [3.05, 3.63) is 29.8 Å². The molecule has 0 aliphatic rings. The van der Waals surface area contributed by atoms with Gasteiger partial charge in [-0.2, -0.15) is 0 Å². The van der Waals surface area contributed by atoms with Crippen LogP contribution in [0.15, 0.2) is 24.3 Å². The topological polar surface area (TPSA) is 78.4 Å². The molecule has 0 saturated heterocycles. The van der Waals surface area contributed by atoms with Crippen LogP contribution in [0.5, 0.6) is 0 Å². The van der Waals surface area contributed by atoms with Gasteiger partial charge in [0.15, 0.2) is 0 Å². The van der Waals surface area contributed by atoms with Gasteiger partial charge >= 0.3 is 11.8 Å². The second-order valence-electron chi connectivity index (χ2n) is 5.53. The Morgan fingerprint density at radius 2 is 2.09 bits per heavy atom. The molecule has 2 atom stereocenters. The minimum Gasteiger partial charge on any atom is -0.388 e. The van der Waals surface area contributed by atoms with Gasteiger partial charge in [0.2, 0.25) is 0 Å². The predicted octanol–water partition coefficient (Wildman–Crippen LogP) is 1.52. The summed E-state index contributed by atoms with van der Waals surface area (Å²) in [7, 11) is 0. The van der Waals surface area contributed by atoms with E-state index in [9.17, 15) is 14.7 Å². The van der Waals surface area contributed by atoms with E-state index in [1.165, 1.54) is 0 Å². The molecule has 0 fully saturated rings. The molecule has 0 saturated carbocycles. The third kappa shape index (κ3) is 4.90. The fourth-order valence-corrected chi connectivity index (χ4v) is 1.83. The average molecular weight is 302 g/mol. The highest BCUT2D eigenvalue weighted by Gasteiger charge is 2.28. The summed E-state index contributed by atoms with van der Waals surface area (Å²) in [5, 5.41) is 15.1. The lowest BCUT2D eigenvalue weighted by molar-refractivity contribution is -0.137. The maximum absolute atomic E-state index is 11.8. The number of carbonyl (C=O) groups is 2. The number of aliphatic hydroxyl groups is 1. The summed E-state index contributed by atoms with van der Waals surface area (Å²) in [6, 6.07) is 6.65. The molecule has 5 heteroatoms. The van der Waals surface area contributed by atoms with E-state index in [0.717, 1.165) is 6.42 Å². The van der Waals surface area contributed by atoms with Crippen LogP contribution in [0, 0.1) is 18.3 Å². The normalized spacial score (nSPS) is 14.3. The smallest absolute Gasteiger partial charge is 0.313 e. The van der Waals surface area contributed by atoms with E-state index >= 15 is 0 Å². The molecule has 0 aliphatic carbocycles. The first-order valence-electron chi connectivity index (χ1n) is 7.18. The van der Waals surface area contributed by atoms with Crippen LogP contribution < -0.4 is 10.6 Å². The standard InChI is InChI=1S/C17H22N2O3/c1-5-12(3)17(4,22)11-18-15(20)16(21)19-14-9-7-8-13(6-2)10-14/h2,7-10,12,22H,5,11H2,1,3-4H3,(H,18,20)(H,19,21)/t12-,17-/m1/s1. The summed E-state index contributed by atoms with van der Waals surface area (Å²) >= 11 is 0. The highest BCUT2D eigenvalue weighted by Crippen LogP contribution is 2.18. The molecule has 1 aromatic rings. The van der Waals surface area contributed by atoms with Gasteiger partial charge in [-0.15, -0.1) is 6.42 Å². The van der Waals surface area contributed by atoms with Crippen molar-refractivity contribution in [2.75, 3.05) is 11.9 Å². The number of amides is 2. The Labute approximate surface area is 131 Å². The Morgan fingerprint density at radius 1 is 1.41 bits per heavy atom. The van der Waals surface area contributed by atoms with Gasteiger partial charge in [0.25, 0.3) is 0 Å². The molecule has 0 heterocycles. The van der Waals surface area contributed by atoms with Crippen molar-refractivity contribution in [1.29, 1.82) is 0 Å². The zero-order valence-corrected chi connectivity index (χ0v) is 13.1. The van der Waals surface area contributed by atoms with Crippen LogP contribution in [-0.4, -0.2) is 29.1 Å². The van der Waals surface area contributed by atoms with Crippen molar-refractivity contribution in [2.45, 2.75) is 32.8 Å². The Hall–Kier alpha value is -2.32. The van der Waals surface area contributed by atoms with Crippen LogP contribution in [-0.2, 0) is 9.59 Å². The molecule has 0 unspecified atom stereocenters. The molecule has 0 radical (unpaired) electrons. The molecular formula is C17H22N2O3. The number of hydrogen-bond acceptors (Lipinski definition) is 3. The van der Waals surface area contributed by atoms with Gasteiger partial charge in [-0.1, -0.05) is 32.3 Å². The third-order valence-corrected chi connectivity index (χ3v) is 3.77. The number of rotatable bonds is 5. The second-order valence-corrected chi connectivity index (χ2v) is 5.53. The van der Waals surface area contributed by atoms with E-state index < -0.39 is 17.4 Å². The lowest BCUT2D eigenvalue weighted by Gasteiger charge is -2.29. The summed E-state index contributed by atoms with van der Waals surface area (Å²) in [5.74, 6) is 0.858. The summed E-state index contributed by atoms with van der Waals surface area (Å²) in [6.07, 6.45) is 6.05. The monoisotopic (exact) mass is 302 g/mol. The minimum atomic E-state index is -1.06. The first-order chi connectivity index (χ1) is 10.3. The van der Waals surface area contributed by atoms with E-state index in [-0.39, 0.29) is 12.5 Å². The van der Waals surface area contributed by atoms with Gasteiger partial charge < -0.3 is 15.7 Å².